The molecule has 0 rings (SSSR count). The molecule has 0 nitrogen and oxygen atoms in total. The van der Waals surface area contributed by atoms with Crippen LogP contribution in [0.1, 0.15) is 67.6 Å². The minimum atomic E-state index is -0.951. The van der Waals surface area contributed by atoms with Crippen LogP contribution in [0.2, 0.25) is 0 Å². The summed E-state index contributed by atoms with van der Waals surface area (Å²) < 4.78 is 8.27. The van der Waals surface area contributed by atoms with Crippen molar-refractivity contribution in [3.63, 3.8) is 0 Å². The molecule has 1 unspecified atom stereocenters. The second kappa shape index (κ2) is 9.64. The van der Waals surface area contributed by atoms with Crippen LogP contribution in [-0.4, -0.2) is 24.6 Å². The minimum Gasteiger partial charge on any atom is -0.0652 e. The lowest BCUT2D eigenvalue weighted by atomic mass is 10.4. The standard InChI is InChI=1S/C14H32P/c1-5-9-12-15(8-4,13-10-6-2)14-11-7-3/h5-14H2,1-4H3/q+1/i8D. The Balaban J connectivity index is 4.46. The quantitative estimate of drug-likeness (QED) is 0.441. The van der Waals surface area contributed by atoms with Gasteiger partial charge in [0.25, 0.3) is 0 Å². The molecule has 0 N–H and O–H groups in total. The maximum absolute atomic E-state index is 8.27. The van der Waals surface area contributed by atoms with Gasteiger partial charge < -0.3 is 0 Å². The summed E-state index contributed by atoms with van der Waals surface area (Å²) in [5.74, 6) is 0. The molecule has 15 heavy (non-hydrogen) atoms. The van der Waals surface area contributed by atoms with Gasteiger partial charge in [-0.3, -0.25) is 0 Å². The van der Waals surface area contributed by atoms with Crippen molar-refractivity contribution in [3.8, 4) is 0 Å². The fourth-order valence-electron chi connectivity index (χ4n) is 2.14. The lowest BCUT2D eigenvalue weighted by Crippen LogP contribution is -2.11. The predicted molar refractivity (Wildman–Crippen MR) is 76.8 cm³/mol. The molecule has 0 aliphatic heterocycles. The maximum atomic E-state index is 8.27. The SMILES string of the molecule is [2H]C(C)[P+](CCCC)(CCCC)CCCC. The van der Waals surface area contributed by atoms with Crippen molar-refractivity contribution in [1.29, 1.82) is 0 Å². The van der Waals surface area contributed by atoms with Crippen LogP contribution >= 0.6 is 7.26 Å². The first-order valence-electron chi connectivity index (χ1n) is 7.48. The molecule has 0 aromatic rings. The number of rotatable bonds is 10. The molecule has 0 amide bonds. The molecule has 0 aliphatic rings. The summed E-state index contributed by atoms with van der Waals surface area (Å²) in [5, 5.41) is 0. The van der Waals surface area contributed by atoms with Crippen molar-refractivity contribution in [3.05, 3.63) is 0 Å². The van der Waals surface area contributed by atoms with Crippen molar-refractivity contribution in [1.82, 2.24) is 0 Å². The molecular weight excluding hydrogens is 199 g/mol. The molecule has 1 atom stereocenters. The third-order valence-corrected chi connectivity index (χ3v) is 8.13. The summed E-state index contributed by atoms with van der Waals surface area (Å²) in [7, 11) is -0.951. The Hall–Kier alpha value is 0.430. The summed E-state index contributed by atoms with van der Waals surface area (Å²) in [5.41, 5.74) is 0. The minimum absolute atomic E-state index is 0.220. The predicted octanol–water partition coefficient (Wildman–Crippen LogP) is 5.42. The van der Waals surface area contributed by atoms with Crippen molar-refractivity contribution < 1.29 is 1.37 Å². The van der Waals surface area contributed by atoms with Gasteiger partial charge in [0.1, 0.15) is 0 Å². The van der Waals surface area contributed by atoms with Gasteiger partial charge >= 0.3 is 0 Å². The van der Waals surface area contributed by atoms with Crippen LogP contribution in [0.3, 0.4) is 0 Å². The Morgan fingerprint density at radius 2 is 1.07 bits per heavy atom. The Labute approximate surface area is 100.0 Å². The van der Waals surface area contributed by atoms with Crippen LogP contribution in [0.15, 0.2) is 0 Å². The van der Waals surface area contributed by atoms with E-state index in [-0.39, 0.29) is 6.14 Å². The van der Waals surface area contributed by atoms with Crippen LogP contribution < -0.4 is 0 Å². The molecule has 0 saturated heterocycles. The van der Waals surface area contributed by atoms with Gasteiger partial charge in [-0.25, -0.2) is 0 Å². The highest BCUT2D eigenvalue weighted by Gasteiger charge is 2.32. The molecule has 92 valence electrons. The summed E-state index contributed by atoms with van der Waals surface area (Å²) in [6.45, 7) is 9.00. The van der Waals surface area contributed by atoms with E-state index >= 15 is 0 Å². The van der Waals surface area contributed by atoms with Crippen molar-refractivity contribution in [2.24, 2.45) is 0 Å². The van der Waals surface area contributed by atoms with E-state index in [1.165, 1.54) is 57.0 Å². The highest BCUT2D eigenvalue weighted by atomic mass is 31.2. The van der Waals surface area contributed by atoms with Crippen molar-refractivity contribution >= 4 is 7.26 Å². The van der Waals surface area contributed by atoms with E-state index < -0.39 is 7.26 Å². The third-order valence-electron chi connectivity index (χ3n) is 3.42. The van der Waals surface area contributed by atoms with E-state index in [1.54, 1.807) is 0 Å². The topological polar surface area (TPSA) is 0 Å². The Morgan fingerprint density at radius 1 is 0.733 bits per heavy atom. The molecule has 0 radical (unpaired) electrons. The van der Waals surface area contributed by atoms with Gasteiger partial charge in [0.15, 0.2) is 0 Å². The lowest BCUT2D eigenvalue weighted by Gasteiger charge is -2.26. The van der Waals surface area contributed by atoms with E-state index in [1.807, 2.05) is 0 Å². The molecule has 1 heteroatoms. The van der Waals surface area contributed by atoms with Crippen LogP contribution in [0, 0.1) is 0 Å². The van der Waals surface area contributed by atoms with E-state index in [9.17, 15) is 0 Å². The Bertz CT molecular complexity index is 135. The highest BCUT2D eigenvalue weighted by Crippen LogP contribution is 2.60. The van der Waals surface area contributed by atoms with E-state index in [0.717, 1.165) is 0 Å². The summed E-state index contributed by atoms with van der Waals surface area (Å²) in [6, 6.07) is 0. The fourth-order valence-corrected chi connectivity index (χ4v) is 6.43. The first-order valence-corrected chi connectivity index (χ1v) is 9.32. The molecule has 0 bridgehead atoms. The van der Waals surface area contributed by atoms with Gasteiger partial charge in [0.2, 0.25) is 0 Å². The van der Waals surface area contributed by atoms with Gasteiger partial charge in [-0.15, -0.1) is 0 Å². The molecule has 0 aliphatic carbocycles. The zero-order chi connectivity index (χ0) is 12.4. The summed E-state index contributed by atoms with van der Waals surface area (Å²) in [6.07, 6.45) is 12.3. The van der Waals surface area contributed by atoms with Gasteiger partial charge in [0.05, 0.1) is 26.0 Å². The zero-order valence-corrected chi connectivity index (χ0v) is 12.3. The van der Waals surface area contributed by atoms with Gasteiger partial charge in [-0.2, -0.15) is 0 Å². The van der Waals surface area contributed by atoms with Crippen molar-refractivity contribution in [2.75, 3.05) is 24.6 Å². The second-order valence-corrected chi connectivity index (χ2v) is 9.00. The van der Waals surface area contributed by atoms with E-state index in [2.05, 4.69) is 27.7 Å². The smallest absolute Gasteiger partial charge is 0.0652 e. The maximum Gasteiger partial charge on any atom is 0.0705 e. The number of unbranched alkanes of at least 4 members (excludes halogenated alkanes) is 3. The summed E-state index contributed by atoms with van der Waals surface area (Å²) >= 11 is 0. The van der Waals surface area contributed by atoms with Crippen LogP contribution in [-0.2, 0) is 0 Å². The largest absolute Gasteiger partial charge is 0.0705 e. The number of hydrogen-bond acceptors (Lipinski definition) is 0. The first-order chi connectivity index (χ1) is 7.63. The molecule has 0 fully saturated rings. The first kappa shape index (κ1) is 13.5. The average molecular weight is 232 g/mol. The molecule has 0 aromatic carbocycles. The summed E-state index contributed by atoms with van der Waals surface area (Å²) in [4.78, 5) is 0. The fraction of sp³-hybridized carbons (Fsp3) is 1.00. The van der Waals surface area contributed by atoms with Gasteiger partial charge in [-0.05, 0) is 26.2 Å². The molecular formula is C14H32P+. The van der Waals surface area contributed by atoms with Gasteiger partial charge in [-0.1, -0.05) is 40.0 Å². The van der Waals surface area contributed by atoms with Crippen LogP contribution in [0.5, 0.6) is 0 Å². The normalized spacial score (nSPS) is 15.1. The third kappa shape index (κ3) is 6.56. The molecule has 0 saturated carbocycles. The Morgan fingerprint density at radius 3 is 1.27 bits per heavy atom. The lowest BCUT2D eigenvalue weighted by molar-refractivity contribution is 0.834. The van der Waals surface area contributed by atoms with Crippen LogP contribution in [0.4, 0.5) is 0 Å². The molecule has 0 aromatic heterocycles. The number of hydrogen-bond donors (Lipinski definition) is 0. The van der Waals surface area contributed by atoms with Crippen LogP contribution in [0.25, 0.3) is 0 Å². The monoisotopic (exact) mass is 232 g/mol. The highest BCUT2D eigenvalue weighted by molar-refractivity contribution is 7.75. The molecule has 0 heterocycles. The zero-order valence-electron chi connectivity index (χ0n) is 12.4. The molecule has 0 spiro atoms. The second-order valence-electron chi connectivity index (χ2n) is 4.71. The van der Waals surface area contributed by atoms with Gasteiger partial charge in [0, 0.05) is 7.26 Å². The Kier molecular flexibility index (Phi) is 8.67. The van der Waals surface area contributed by atoms with E-state index in [4.69, 9.17) is 1.37 Å². The van der Waals surface area contributed by atoms with Crippen molar-refractivity contribution in [2.45, 2.75) is 66.2 Å². The average Bonchev–Trinajstić information content (AvgIpc) is 2.28. The van der Waals surface area contributed by atoms with E-state index in [0.29, 0.717) is 0 Å².